The van der Waals surface area contributed by atoms with E-state index in [0.717, 1.165) is 18.2 Å². The van der Waals surface area contributed by atoms with Crippen molar-refractivity contribution in [2.24, 2.45) is 5.73 Å². The van der Waals surface area contributed by atoms with Crippen LogP contribution in [0.4, 0.5) is 13.2 Å². The third kappa shape index (κ3) is 4.42. The summed E-state index contributed by atoms with van der Waals surface area (Å²) in [6.07, 6.45) is -4.79. The van der Waals surface area contributed by atoms with Crippen molar-refractivity contribution in [3.8, 4) is 5.75 Å². The van der Waals surface area contributed by atoms with Gasteiger partial charge in [-0.1, -0.05) is 18.2 Å². The van der Waals surface area contributed by atoms with Crippen LogP contribution in [-0.4, -0.2) is 31.4 Å². The molecule has 11 heteroatoms. The number of halogens is 3. The van der Waals surface area contributed by atoms with Crippen molar-refractivity contribution in [1.29, 1.82) is 0 Å². The monoisotopic (exact) mass is 441 g/mol. The van der Waals surface area contributed by atoms with Gasteiger partial charge >= 0.3 is 12.1 Å². The number of hydrogen-bond donors (Lipinski definition) is 2. The second-order valence-electron chi connectivity index (χ2n) is 6.46. The maximum absolute atomic E-state index is 13.7. The van der Waals surface area contributed by atoms with E-state index in [1.54, 1.807) is 0 Å². The van der Waals surface area contributed by atoms with Gasteiger partial charge in [-0.15, -0.1) is 0 Å². The SMILES string of the molecule is COCCOC(=O)C1=C(N)Oc2c(oc(CO)cc2=O)C1c1ccccc1C(F)(F)F. The summed E-state index contributed by atoms with van der Waals surface area (Å²) >= 11 is 0. The number of ether oxygens (including phenoxy) is 3. The lowest BCUT2D eigenvalue weighted by Gasteiger charge is -2.28. The normalized spacial score (nSPS) is 16.0. The molecule has 1 aliphatic heterocycles. The summed E-state index contributed by atoms with van der Waals surface area (Å²) < 4.78 is 61.7. The molecular weight excluding hydrogens is 423 g/mol. The van der Waals surface area contributed by atoms with E-state index in [0.29, 0.717) is 0 Å². The number of alkyl halides is 3. The molecule has 0 aliphatic carbocycles. The minimum Gasteiger partial charge on any atom is -0.460 e. The van der Waals surface area contributed by atoms with Gasteiger partial charge in [-0.3, -0.25) is 4.79 Å². The number of esters is 1. The highest BCUT2D eigenvalue weighted by atomic mass is 19.4. The van der Waals surface area contributed by atoms with Gasteiger partial charge in [-0.2, -0.15) is 13.2 Å². The van der Waals surface area contributed by atoms with Gasteiger partial charge in [0.2, 0.25) is 17.1 Å². The number of methoxy groups -OCH3 is 1. The van der Waals surface area contributed by atoms with Crippen LogP contribution in [0.5, 0.6) is 5.75 Å². The van der Waals surface area contributed by atoms with Gasteiger partial charge in [-0.25, -0.2) is 4.79 Å². The summed E-state index contributed by atoms with van der Waals surface area (Å²) in [7, 11) is 1.37. The predicted molar refractivity (Wildman–Crippen MR) is 98.9 cm³/mol. The molecule has 8 nitrogen and oxygen atoms in total. The molecular formula is C20H18F3NO7. The van der Waals surface area contributed by atoms with E-state index in [4.69, 9.17) is 24.4 Å². The standard InChI is InChI=1S/C20H18F3NO7/c1-28-6-7-29-19(27)15-14(11-4-2-3-5-12(11)20(21,22)23)17-16(31-18(15)24)13(26)8-10(9-25)30-17/h2-5,8,14,25H,6-7,9,24H2,1H3. The number of carbonyl (C=O) groups excluding carboxylic acids is 1. The van der Waals surface area contributed by atoms with E-state index in [9.17, 15) is 27.9 Å². The third-order valence-electron chi connectivity index (χ3n) is 4.48. The third-order valence-corrected chi connectivity index (χ3v) is 4.48. The molecule has 3 rings (SSSR count). The molecule has 0 radical (unpaired) electrons. The van der Waals surface area contributed by atoms with Crippen molar-refractivity contribution in [2.75, 3.05) is 20.3 Å². The first-order chi connectivity index (χ1) is 14.7. The smallest absolute Gasteiger partial charge is 0.416 e. The van der Waals surface area contributed by atoms with Gasteiger partial charge < -0.3 is 29.5 Å². The summed E-state index contributed by atoms with van der Waals surface area (Å²) in [6.45, 7) is -0.875. The van der Waals surface area contributed by atoms with Crippen LogP contribution in [0.25, 0.3) is 0 Å². The number of carbonyl (C=O) groups is 1. The molecule has 0 saturated heterocycles. The van der Waals surface area contributed by atoms with E-state index >= 15 is 0 Å². The van der Waals surface area contributed by atoms with Gasteiger partial charge in [0.25, 0.3) is 0 Å². The van der Waals surface area contributed by atoms with Crippen LogP contribution in [0.2, 0.25) is 0 Å². The molecule has 3 N–H and O–H groups in total. The van der Waals surface area contributed by atoms with Crippen LogP contribution in [-0.2, 0) is 27.1 Å². The van der Waals surface area contributed by atoms with Crippen LogP contribution in [0.3, 0.4) is 0 Å². The number of hydrogen-bond acceptors (Lipinski definition) is 8. The van der Waals surface area contributed by atoms with Gasteiger partial charge in [-0.05, 0) is 11.6 Å². The van der Waals surface area contributed by atoms with E-state index in [2.05, 4.69) is 0 Å². The fraction of sp³-hybridized carbons (Fsp3) is 0.300. The maximum Gasteiger partial charge on any atom is 0.416 e. The molecule has 0 amide bonds. The van der Waals surface area contributed by atoms with Crippen molar-refractivity contribution in [3.63, 3.8) is 0 Å². The molecule has 1 unspecified atom stereocenters. The van der Waals surface area contributed by atoms with E-state index in [-0.39, 0.29) is 19.0 Å². The molecule has 1 aromatic carbocycles. The molecule has 0 spiro atoms. The number of nitrogens with two attached hydrogens (primary N) is 1. The Morgan fingerprint density at radius 2 is 1.97 bits per heavy atom. The summed E-state index contributed by atoms with van der Waals surface area (Å²) in [4.78, 5) is 25.1. The number of aliphatic hydroxyl groups excluding tert-OH is 1. The summed E-state index contributed by atoms with van der Waals surface area (Å²) in [6, 6.07) is 5.38. The summed E-state index contributed by atoms with van der Waals surface area (Å²) in [5.74, 6) is -4.35. The highest BCUT2D eigenvalue weighted by molar-refractivity contribution is 5.92. The average Bonchev–Trinajstić information content (AvgIpc) is 2.72. The van der Waals surface area contributed by atoms with Crippen molar-refractivity contribution < 1.29 is 41.7 Å². The minimum atomic E-state index is -4.79. The Morgan fingerprint density at radius 1 is 1.26 bits per heavy atom. The molecule has 0 saturated carbocycles. The molecule has 1 aromatic heterocycles. The van der Waals surface area contributed by atoms with Gasteiger partial charge in [0, 0.05) is 13.2 Å². The van der Waals surface area contributed by atoms with Gasteiger partial charge in [0.05, 0.1) is 18.1 Å². The van der Waals surface area contributed by atoms with Crippen LogP contribution in [0.1, 0.15) is 28.6 Å². The Labute approximate surface area is 173 Å². The van der Waals surface area contributed by atoms with E-state index in [1.165, 1.54) is 19.2 Å². The fourth-order valence-electron chi connectivity index (χ4n) is 3.17. The zero-order chi connectivity index (χ0) is 22.8. The first-order valence-corrected chi connectivity index (χ1v) is 8.96. The highest BCUT2D eigenvalue weighted by Gasteiger charge is 2.44. The second-order valence-corrected chi connectivity index (χ2v) is 6.46. The lowest BCUT2D eigenvalue weighted by molar-refractivity contribution is -0.142. The molecule has 0 bridgehead atoms. The first kappa shape index (κ1) is 22.4. The minimum absolute atomic E-state index is 0.0317. The predicted octanol–water partition coefficient (Wildman–Crippen LogP) is 2.04. The number of fused-ring (bicyclic) bond motifs is 1. The zero-order valence-electron chi connectivity index (χ0n) is 16.2. The molecule has 0 fully saturated rings. The Balaban J connectivity index is 2.27. The topological polar surface area (TPSA) is 121 Å². The lowest BCUT2D eigenvalue weighted by atomic mass is 9.84. The second kappa shape index (κ2) is 8.82. The van der Waals surface area contributed by atoms with Crippen molar-refractivity contribution in [3.05, 3.63) is 74.7 Å². The molecule has 1 atom stereocenters. The summed E-state index contributed by atoms with van der Waals surface area (Å²) in [5, 5.41) is 9.38. The Hall–Kier alpha value is -3.31. The lowest BCUT2D eigenvalue weighted by Crippen LogP contribution is -2.31. The van der Waals surface area contributed by atoms with Gasteiger partial charge in [0.1, 0.15) is 24.5 Å². The van der Waals surface area contributed by atoms with Crippen LogP contribution in [0.15, 0.2) is 51.0 Å². The largest absolute Gasteiger partial charge is 0.460 e. The van der Waals surface area contributed by atoms with E-state index < -0.39 is 64.2 Å². The van der Waals surface area contributed by atoms with Crippen LogP contribution < -0.4 is 15.9 Å². The maximum atomic E-state index is 13.7. The van der Waals surface area contributed by atoms with Crippen LogP contribution in [0, 0.1) is 0 Å². The van der Waals surface area contributed by atoms with Crippen LogP contribution >= 0.6 is 0 Å². The quantitative estimate of drug-likeness (QED) is 0.516. The van der Waals surface area contributed by atoms with Crippen molar-refractivity contribution in [1.82, 2.24) is 0 Å². The first-order valence-electron chi connectivity index (χ1n) is 8.96. The number of rotatable bonds is 6. The van der Waals surface area contributed by atoms with E-state index in [1.807, 2.05) is 0 Å². The Kier molecular flexibility index (Phi) is 6.37. The highest BCUT2D eigenvalue weighted by Crippen LogP contribution is 2.45. The van der Waals surface area contributed by atoms with Crippen molar-refractivity contribution >= 4 is 5.97 Å². The average molecular weight is 441 g/mol. The molecule has 166 valence electrons. The summed E-state index contributed by atoms with van der Waals surface area (Å²) in [5.41, 5.74) is 3.11. The number of aliphatic hydroxyl groups is 1. The Bertz CT molecular complexity index is 1080. The molecule has 1 aliphatic rings. The molecule has 31 heavy (non-hydrogen) atoms. The Morgan fingerprint density at radius 3 is 2.61 bits per heavy atom. The molecule has 2 aromatic rings. The number of benzene rings is 1. The molecule has 2 heterocycles. The zero-order valence-corrected chi connectivity index (χ0v) is 16.2. The fourth-order valence-corrected chi connectivity index (χ4v) is 3.17. The van der Waals surface area contributed by atoms with Gasteiger partial charge in [0.15, 0.2) is 5.76 Å². The van der Waals surface area contributed by atoms with Crippen molar-refractivity contribution in [2.45, 2.75) is 18.7 Å².